The number of carboxylic acids is 1. The summed E-state index contributed by atoms with van der Waals surface area (Å²) in [5.41, 5.74) is 0.626. The highest BCUT2D eigenvalue weighted by Gasteiger charge is 2.39. The van der Waals surface area contributed by atoms with E-state index in [1.54, 1.807) is 12.1 Å². The van der Waals surface area contributed by atoms with Gasteiger partial charge in [0, 0.05) is 10.2 Å². The van der Waals surface area contributed by atoms with Crippen LogP contribution >= 0.6 is 27.7 Å². The number of hydrogen-bond acceptors (Lipinski definition) is 3. The van der Waals surface area contributed by atoms with Crippen LogP contribution < -0.4 is 5.32 Å². The topological polar surface area (TPSA) is 69.6 Å². The first-order chi connectivity index (χ1) is 9.00. The smallest absolute Gasteiger partial charge is 0.327 e. The van der Waals surface area contributed by atoms with Crippen LogP contribution in [0.3, 0.4) is 0 Å². The lowest BCUT2D eigenvalue weighted by molar-refractivity contribution is -0.141. The maximum absolute atomic E-state index is 12.2. The highest BCUT2D eigenvalue weighted by molar-refractivity contribution is 9.10. The van der Waals surface area contributed by atoms with Gasteiger partial charge < -0.3 is 10.4 Å². The molecule has 1 fully saturated rings. The molecule has 2 unspecified atom stereocenters. The Hall–Kier alpha value is -1.21. The first-order valence-electron chi connectivity index (χ1n) is 5.69. The number of carboxylic acid groups (broad SMARTS) is 1. The van der Waals surface area contributed by atoms with Gasteiger partial charge in [-0.1, -0.05) is 12.1 Å². The molecule has 2 amide bonds. The number of nitrogens with zero attached hydrogens (tertiary/aromatic N) is 1. The van der Waals surface area contributed by atoms with Crippen LogP contribution in [0.4, 0.5) is 10.5 Å². The fraction of sp³-hybridized carbons (Fsp3) is 0.333. The molecule has 7 heteroatoms. The fourth-order valence-corrected chi connectivity index (χ4v) is 3.43. The van der Waals surface area contributed by atoms with E-state index < -0.39 is 18.0 Å². The summed E-state index contributed by atoms with van der Waals surface area (Å²) in [6.45, 7) is 1.83. The van der Waals surface area contributed by atoms with Crippen LogP contribution in [0, 0.1) is 0 Å². The maximum Gasteiger partial charge on any atom is 0.327 e. The van der Waals surface area contributed by atoms with Crippen LogP contribution in [-0.2, 0) is 4.79 Å². The fourth-order valence-electron chi connectivity index (χ4n) is 1.88. The van der Waals surface area contributed by atoms with Gasteiger partial charge in [0.05, 0.1) is 11.1 Å². The Kier molecular flexibility index (Phi) is 4.36. The van der Waals surface area contributed by atoms with Gasteiger partial charge in [-0.2, -0.15) is 0 Å². The van der Waals surface area contributed by atoms with Crippen LogP contribution in [0.2, 0.25) is 0 Å². The third-order valence-corrected chi connectivity index (χ3v) is 4.77. The summed E-state index contributed by atoms with van der Waals surface area (Å²) in [7, 11) is 0. The lowest BCUT2D eigenvalue weighted by Crippen LogP contribution is -2.46. The lowest BCUT2D eigenvalue weighted by Gasteiger charge is -2.25. The summed E-state index contributed by atoms with van der Waals surface area (Å²) >= 11 is 4.80. The number of thioether (sulfide) groups is 1. The minimum absolute atomic E-state index is 0.149. The zero-order valence-electron chi connectivity index (χ0n) is 10.2. The minimum Gasteiger partial charge on any atom is -0.480 e. The number of hydrogen-bond donors (Lipinski definition) is 2. The van der Waals surface area contributed by atoms with Crippen molar-refractivity contribution in [1.29, 1.82) is 0 Å². The van der Waals surface area contributed by atoms with E-state index >= 15 is 0 Å². The van der Waals surface area contributed by atoms with Crippen LogP contribution in [0.1, 0.15) is 6.92 Å². The van der Waals surface area contributed by atoms with Crippen molar-refractivity contribution in [3.05, 3.63) is 28.7 Å². The average molecular weight is 345 g/mol. The minimum atomic E-state index is -0.973. The second-order valence-electron chi connectivity index (χ2n) is 4.10. The highest BCUT2D eigenvalue weighted by Crippen LogP contribution is 2.30. The molecular weight excluding hydrogens is 332 g/mol. The Labute approximate surface area is 123 Å². The first kappa shape index (κ1) is 14.2. The van der Waals surface area contributed by atoms with E-state index in [4.69, 9.17) is 5.11 Å². The van der Waals surface area contributed by atoms with Crippen molar-refractivity contribution >= 4 is 45.4 Å². The van der Waals surface area contributed by atoms with Crippen molar-refractivity contribution in [1.82, 2.24) is 4.90 Å². The van der Waals surface area contributed by atoms with Gasteiger partial charge >= 0.3 is 12.0 Å². The van der Waals surface area contributed by atoms with Gasteiger partial charge in [-0.3, -0.25) is 4.90 Å². The van der Waals surface area contributed by atoms with E-state index in [1.165, 1.54) is 16.7 Å². The van der Waals surface area contributed by atoms with E-state index in [2.05, 4.69) is 21.2 Å². The van der Waals surface area contributed by atoms with Crippen molar-refractivity contribution in [3.8, 4) is 0 Å². The molecule has 1 aromatic carbocycles. The van der Waals surface area contributed by atoms with Crippen LogP contribution in [0.15, 0.2) is 28.7 Å². The number of carbonyl (C=O) groups excluding carboxylic acids is 1. The van der Waals surface area contributed by atoms with E-state index in [-0.39, 0.29) is 5.37 Å². The molecule has 0 radical (unpaired) electrons. The summed E-state index contributed by atoms with van der Waals surface area (Å²) < 4.78 is 0.759. The van der Waals surface area contributed by atoms with Gasteiger partial charge in [0.1, 0.15) is 6.04 Å². The van der Waals surface area contributed by atoms with E-state index in [9.17, 15) is 9.59 Å². The van der Waals surface area contributed by atoms with Gasteiger partial charge in [-0.25, -0.2) is 9.59 Å². The summed E-state index contributed by atoms with van der Waals surface area (Å²) in [6.07, 6.45) is 0. The number of anilines is 1. The van der Waals surface area contributed by atoms with E-state index in [1.807, 2.05) is 19.1 Å². The van der Waals surface area contributed by atoms with Crippen LogP contribution in [0.5, 0.6) is 0 Å². The van der Waals surface area contributed by atoms with Gasteiger partial charge in [0.2, 0.25) is 0 Å². The number of para-hydroxylation sites is 1. The first-order valence-corrected chi connectivity index (χ1v) is 7.53. The standard InChI is InChI=1S/C12H13BrN2O3S/c1-7-15(10(6-19-7)11(16)17)12(18)14-9-5-3-2-4-8(9)13/h2-5,7,10H,6H2,1H3,(H,14,18)(H,16,17). The second kappa shape index (κ2) is 5.83. The summed E-state index contributed by atoms with van der Waals surface area (Å²) in [5, 5.41) is 11.7. The Morgan fingerprint density at radius 2 is 2.16 bits per heavy atom. The molecule has 0 aromatic heterocycles. The van der Waals surface area contributed by atoms with Gasteiger partial charge in [0.15, 0.2) is 0 Å². The number of nitrogens with one attached hydrogen (secondary N) is 1. The Balaban J connectivity index is 2.15. The summed E-state index contributed by atoms with van der Waals surface area (Å²) in [6, 6.07) is 6.04. The maximum atomic E-state index is 12.2. The van der Waals surface area contributed by atoms with Crippen LogP contribution in [-0.4, -0.2) is 39.2 Å². The monoisotopic (exact) mass is 344 g/mol. The summed E-state index contributed by atoms with van der Waals surface area (Å²) in [5.74, 6) is -0.556. The number of urea groups is 1. The predicted octanol–water partition coefficient (Wildman–Crippen LogP) is 2.83. The number of amides is 2. The highest BCUT2D eigenvalue weighted by atomic mass is 79.9. The Bertz CT molecular complexity index is 512. The predicted molar refractivity (Wildman–Crippen MR) is 78.3 cm³/mol. The SMILES string of the molecule is CC1SCC(C(=O)O)N1C(=O)Nc1ccccc1Br. The third kappa shape index (κ3) is 3.03. The van der Waals surface area contributed by atoms with E-state index in [0.717, 1.165) is 4.47 Å². The number of rotatable bonds is 2. The number of benzene rings is 1. The molecule has 5 nitrogen and oxygen atoms in total. The molecule has 0 aliphatic carbocycles. The number of halogens is 1. The molecule has 1 saturated heterocycles. The van der Waals surface area contributed by atoms with Gasteiger partial charge in [-0.15, -0.1) is 11.8 Å². The lowest BCUT2D eigenvalue weighted by atomic mass is 10.3. The van der Waals surface area contributed by atoms with Gasteiger partial charge in [0.25, 0.3) is 0 Å². The zero-order valence-corrected chi connectivity index (χ0v) is 12.6. The molecule has 2 rings (SSSR count). The van der Waals surface area contributed by atoms with Crippen molar-refractivity contribution in [2.24, 2.45) is 0 Å². The molecule has 2 atom stereocenters. The quantitative estimate of drug-likeness (QED) is 0.865. The normalized spacial score (nSPS) is 22.3. The zero-order chi connectivity index (χ0) is 14.0. The number of carbonyl (C=O) groups is 2. The molecule has 19 heavy (non-hydrogen) atoms. The average Bonchev–Trinajstić information content (AvgIpc) is 2.74. The molecule has 0 bridgehead atoms. The molecule has 2 N–H and O–H groups in total. The number of aliphatic carboxylic acids is 1. The molecule has 1 aromatic rings. The van der Waals surface area contributed by atoms with Gasteiger partial charge in [-0.05, 0) is 35.0 Å². The molecule has 0 saturated carbocycles. The second-order valence-corrected chi connectivity index (χ2v) is 6.31. The third-order valence-electron chi connectivity index (χ3n) is 2.86. The van der Waals surface area contributed by atoms with Crippen molar-refractivity contribution in [2.75, 3.05) is 11.1 Å². The molecule has 1 aliphatic heterocycles. The molecule has 0 spiro atoms. The largest absolute Gasteiger partial charge is 0.480 e. The Morgan fingerprint density at radius 3 is 2.79 bits per heavy atom. The van der Waals surface area contributed by atoms with E-state index in [0.29, 0.717) is 11.4 Å². The van der Waals surface area contributed by atoms with Crippen molar-refractivity contribution < 1.29 is 14.7 Å². The molecule has 1 aliphatic rings. The van der Waals surface area contributed by atoms with Crippen LogP contribution in [0.25, 0.3) is 0 Å². The molecule has 1 heterocycles. The molecular formula is C12H13BrN2O3S. The summed E-state index contributed by atoms with van der Waals surface area (Å²) in [4.78, 5) is 24.7. The Morgan fingerprint density at radius 1 is 1.47 bits per heavy atom. The van der Waals surface area contributed by atoms with Crippen molar-refractivity contribution in [2.45, 2.75) is 18.3 Å². The molecule has 102 valence electrons. The van der Waals surface area contributed by atoms with Crippen molar-refractivity contribution in [3.63, 3.8) is 0 Å².